The third-order valence-electron chi connectivity index (χ3n) is 0.626. The molecule has 0 atom stereocenters. The molecule has 1 aliphatic heterocycles. The minimum absolute atomic E-state index is 0.167. The minimum atomic E-state index is 0.167. The van der Waals surface area contributed by atoms with Crippen LogP contribution < -0.4 is 5.32 Å². The van der Waals surface area contributed by atoms with Crippen molar-refractivity contribution in [3.8, 4) is 0 Å². The van der Waals surface area contributed by atoms with E-state index in [4.69, 9.17) is 0 Å². The number of hydrogen-bond donors (Lipinski definition) is 1. The van der Waals surface area contributed by atoms with Crippen LogP contribution in [0.25, 0.3) is 0 Å². The van der Waals surface area contributed by atoms with Gasteiger partial charge >= 0.3 is 0 Å². The Hall–Kier alpha value is -1.41. The van der Waals surface area contributed by atoms with Gasteiger partial charge in [0.25, 0.3) is 0 Å². The average Bonchev–Trinajstić information content (AvgIpc) is 1.90. The Labute approximate surface area is 45.6 Å². The lowest BCUT2D eigenvalue weighted by atomic mass is 10.7. The molecule has 0 aromatic rings. The summed E-state index contributed by atoms with van der Waals surface area (Å²) in [7, 11) is 0. The van der Waals surface area contributed by atoms with Crippen LogP contribution in [0.1, 0.15) is 0 Å². The van der Waals surface area contributed by atoms with E-state index in [-0.39, 0.29) is 5.82 Å². The number of nitrogens with one attached hydrogen (secondary N) is 1. The molecule has 0 fully saturated rings. The Morgan fingerprint density at radius 3 is 3.00 bits per heavy atom. The van der Waals surface area contributed by atoms with Gasteiger partial charge in [0.15, 0.2) is 5.94 Å². The Bertz CT molecular complexity index is 187. The molecule has 0 saturated carbocycles. The van der Waals surface area contributed by atoms with Gasteiger partial charge in [-0.15, -0.1) is 0 Å². The van der Waals surface area contributed by atoms with E-state index in [1.165, 1.54) is 12.7 Å². The highest BCUT2D eigenvalue weighted by atomic mass is 16.1. The predicted octanol–water partition coefficient (Wildman–Crippen LogP) is -0.681. The Balaban J connectivity index is 2.80. The van der Waals surface area contributed by atoms with E-state index >= 15 is 0 Å². The molecular formula is C4H3N3O. The second-order valence-corrected chi connectivity index (χ2v) is 1.12. The molecule has 4 heteroatoms. The Kier molecular flexibility index (Phi) is 1.21. The van der Waals surface area contributed by atoms with E-state index in [1.807, 2.05) is 0 Å². The topological polar surface area (TPSA) is 53.8 Å². The van der Waals surface area contributed by atoms with Crippen LogP contribution in [-0.2, 0) is 4.79 Å². The Morgan fingerprint density at radius 2 is 2.62 bits per heavy atom. The summed E-state index contributed by atoms with van der Waals surface area (Å²) < 4.78 is 0. The molecule has 40 valence electrons. The molecule has 0 spiro atoms. The summed E-state index contributed by atoms with van der Waals surface area (Å²) in [5.41, 5.74) is 0. The summed E-state index contributed by atoms with van der Waals surface area (Å²) in [4.78, 5) is 16.8. The molecule has 0 radical (unpaired) electrons. The van der Waals surface area contributed by atoms with E-state index in [2.05, 4.69) is 15.3 Å². The second kappa shape index (κ2) is 2.04. The Morgan fingerprint density at radius 1 is 1.75 bits per heavy atom. The maximum atomic E-state index is 9.76. The third-order valence-corrected chi connectivity index (χ3v) is 0.626. The van der Waals surface area contributed by atoms with Crippen molar-refractivity contribution in [2.24, 2.45) is 9.98 Å². The second-order valence-electron chi connectivity index (χ2n) is 1.12. The quantitative estimate of drug-likeness (QED) is 0.419. The molecular weight excluding hydrogens is 106 g/mol. The summed E-state index contributed by atoms with van der Waals surface area (Å²) in [5.74, 6) is 1.74. The first-order chi connectivity index (χ1) is 3.93. The molecule has 0 bridgehead atoms. The summed E-state index contributed by atoms with van der Waals surface area (Å²) in [6.07, 6.45) is 2.64. The molecule has 0 aromatic carbocycles. The summed E-state index contributed by atoms with van der Waals surface area (Å²) in [6.45, 7) is 0. The summed E-state index contributed by atoms with van der Waals surface area (Å²) in [6, 6.07) is 0. The van der Waals surface area contributed by atoms with E-state index < -0.39 is 0 Å². The largest absolute Gasteiger partial charge is 0.322 e. The van der Waals surface area contributed by atoms with Gasteiger partial charge in [-0.3, -0.25) is 0 Å². The lowest BCUT2D eigenvalue weighted by Crippen LogP contribution is -2.12. The zero-order valence-corrected chi connectivity index (χ0v) is 3.96. The van der Waals surface area contributed by atoms with Crippen LogP contribution in [0.4, 0.5) is 0 Å². The van der Waals surface area contributed by atoms with Gasteiger partial charge in [0.2, 0.25) is 5.82 Å². The van der Waals surface area contributed by atoms with Crippen LogP contribution in [0, 0.1) is 0 Å². The van der Waals surface area contributed by atoms with Crippen molar-refractivity contribution in [1.82, 2.24) is 5.32 Å². The van der Waals surface area contributed by atoms with E-state index in [9.17, 15) is 4.79 Å². The van der Waals surface area contributed by atoms with Crippen molar-refractivity contribution in [3.63, 3.8) is 0 Å². The van der Waals surface area contributed by atoms with Crippen LogP contribution in [0.3, 0.4) is 0 Å². The van der Waals surface area contributed by atoms with Gasteiger partial charge in [-0.25, -0.2) is 14.8 Å². The molecule has 0 aromatic heterocycles. The molecule has 1 rings (SSSR count). The van der Waals surface area contributed by atoms with Gasteiger partial charge in [0.05, 0.1) is 6.34 Å². The van der Waals surface area contributed by atoms with Crippen molar-refractivity contribution >= 4 is 18.6 Å². The summed E-state index contributed by atoms with van der Waals surface area (Å²) >= 11 is 0. The molecule has 1 aliphatic rings. The lowest BCUT2D eigenvalue weighted by molar-refractivity contribution is 0.566. The molecule has 0 saturated heterocycles. The minimum Gasteiger partial charge on any atom is -0.322 e. The first-order valence-electron chi connectivity index (χ1n) is 1.99. The molecule has 8 heavy (non-hydrogen) atoms. The van der Waals surface area contributed by atoms with Crippen LogP contribution in [0.2, 0.25) is 0 Å². The monoisotopic (exact) mass is 109 g/mol. The van der Waals surface area contributed by atoms with Crippen LogP contribution in [0.5, 0.6) is 0 Å². The van der Waals surface area contributed by atoms with Crippen molar-refractivity contribution in [2.75, 3.05) is 0 Å². The molecule has 0 amide bonds. The first kappa shape index (κ1) is 4.74. The fourth-order valence-corrected chi connectivity index (χ4v) is 0.316. The van der Waals surface area contributed by atoms with Crippen molar-refractivity contribution in [1.29, 1.82) is 0 Å². The van der Waals surface area contributed by atoms with Crippen molar-refractivity contribution < 1.29 is 4.79 Å². The van der Waals surface area contributed by atoms with Gasteiger partial charge < -0.3 is 5.32 Å². The first-order valence-corrected chi connectivity index (χ1v) is 1.99. The number of nitrogens with zero attached hydrogens (tertiary/aromatic N) is 2. The number of hydrogen-bond acceptors (Lipinski definition) is 4. The predicted molar refractivity (Wildman–Crippen MR) is 29.3 cm³/mol. The van der Waals surface area contributed by atoms with E-state index in [0.29, 0.717) is 0 Å². The molecule has 1 N–H and O–H groups in total. The van der Waals surface area contributed by atoms with Crippen molar-refractivity contribution in [2.45, 2.75) is 0 Å². The van der Waals surface area contributed by atoms with Gasteiger partial charge in [0.1, 0.15) is 6.34 Å². The van der Waals surface area contributed by atoms with Crippen LogP contribution >= 0.6 is 0 Å². The van der Waals surface area contributed by atoms with E-state index in [0.717, 1.165) is 0 Å². The average molecular weight is 109 g/mol. The van der Waals surface area contributed by atoms with Gasteiger partial charge in [-0.05, 0) is 0 Å². The molecule has 4 nitrogen and oxygen atoms in total. The fraction of sp³-hybridized carbons (Fsp3) is 0. The summed E-state index contributed by atoms with van der Waals surface area (Å²) in [5, 5.41) is 2.47. The molecule has 0 aliphatic carbocycles. The van der Waals surface area contributed by atoms with Crippen molar-refractivity contribution in [3.05, 3.63) is 5.82 Å². The highest BCUT2D eigenvalue weighted by Gasteiger charge is 1.90. The standard InChI is InChI=1S/C4H3N3O/c8-1-4-6-2-5-3-7-4/h2-3H,(H,5,6,7). The number of rotatable bonds is 0. The van der Waals surface area contributed by atoms with Gasteiger partial charge in [-0.1, -0.05) is 0 Å². The lowest BCUT2D eigenvalue weighted by Gasteiger charge is -1.95. The highest BCUT2D eigenvalue weighted by molar-refractivity contribution is 5.78. The maximum Gasteiger partial charge on any atom is 0.219 e. The number of carbonyl (C=O) groups excluding carboxylic acids is 1. The smallest absolute Gasteiger partial charge is 0.219 e. The molecule has 0 unspecified atom stereocenters. The zero-order valence-electron chi connectivity index (χ0n) is 3.96. The van der Waals surface area contributed by atoms with Crippen LogP contribution in [0.15, 0.2) is 15.8 Å². The van der Waals surface area contributed by atoms with E-state index in [1.54, 1.807) is 5.94 Å². The van der Waals surface area contributed by atoms with Gasteiger partial charge in [-0.2, -0.15) is 0 Å². The van der Waals surface area contributed by atoms with Gasteiger partial charge in [0, 0.05) is 0 Å². The normalized spacial score (nSPS) is 15.2. The zero-order chi connectivity index (χ0) is 5.82. The highest BCUT2D eigenvalue weighted by Crippen LogP contribution is 1.83. The number of aliphatic imine (C=N–C) groups is 2. The SMILES string of the molecule is O=C=C1N=CN=CN1. The molecule has 1 heterocycles. The maximum absolute atomic E-state index is 9.76. The third kappa shape index (κ3) is 0.802. The fourth-order valence-electron chi connectivity index (χ4n) is 0.316. The van der Waals surface area contributed by atoms with Crippen LogP contribution in [-0.4, -0.2) is 18.6 Å².